The number of hydrogen-bond donors (Lipinski definition) is 0. The van der Waals surface area contributed by atoms with Crippen LogP contribution >= 0.6 is 0 Å². The van der Waals surface area contributed by atoms with Crippen LogP contribution in [0.3, 0.4) is 0 Å². The summed E-state index contributed by atoms with van der Waals surface area (Å²) >= 11 is 0. The first kappa shape index (κ1) is 30.1. The van der Waals surface area contributed by atoms with Gasteiger partial charge in [-0.15, -0.1) is 0 Å². The highest BCUT2D eigenvalue weighted by atomic mass is 16.5. The third-order valence-corrected chi connectivity index (χ3v) is 12.1. The molecule has 0 atom stereocenters. The van der Waals surface area contributed by atoms with Gasteiger partial charge in [-0.1, -0.05) is 105 Å². The first-order valence-corrected chi connectivity index (χ1v) is 21.7. The van der Waals surface area contributed by atoms with Crippen molar-refractivity contribution in [1.29, 1.82) is 0 Å². The zero-order valence-electron chi connectivity index (χ0n) is 44.6. The molecule has 0 unspecified atom stereocenters. The van der Waals surface area contributed by atoms with Crippen molar-refractivity contribution >= 4 is 44.6 Å². The third-order valence-electron chi connectivity index (χ3n) is 12.1. The highest BCUT2D eigenvalue weighted by Gasteiger charge is 2.32. The Kier molecular flexibility index (Phi) is 7.22. The van der Waals surface area contributed by atoms with E-state index in [1.807, 2.05) is 105 Å². The van der Waals surface area contributed by atoms with Crippen LogP contribution in [-0.4, -0.2) is 16.2 Å². The summed E-state index contributed by atoms with van der Waals surface area (Å²) in [5.41, 5.74) is 9.07. The largest absolute Gasteiger partial charge is 0.457 e. The van der Waals surface area contributed by atoms with E-state index < -0.39 is 25.3 Å². The van der Waals surface area contributed by atoms with Gasteiger partial charge in [0.1, 0.15) is 35.5 Å². The van der Waals surface area contributed by atoms with Crippen molar-refractivity contribution in [3.05, 3.63) is 205 Å². The molecule has 0 radical (unpaired) electrons. The van der Waals surface area contributed by atoms with Crippen LogP contribution in [0, 0.1) is 12.8 Å². The standard InChI is InChI=1S/C59H46N4O2/c1-38(2)29-40-31-51(41-13-5-4-6-14-41)59-52(32-40)42-23-25-45(26-24-42)64-46-17-11-15-43(33-46)53-36-60-58(30-39(53)3)63-54-20-8-7-19-49(54)50-28-27-48(35-57(50)63)65-47-18-12-16-44(34-47)61-37-62(59)56-22-10-9-21-55(56)61/h4-28,30-36,38H,29,37H2,1-3H3/i3D3,7D,8D,19D,20D,29D2. The molecule has 0 saturated heterocycles. The third kappa shape index (κ3) is 6.86. The number of anilines is 4. The second kappa shape index (κ2) is 15.6. The summed E-state index contributed by atoms with van der Waals surface area (Å²) in [6.07, 6.45) is -0.196. The molecule has 4 aliphatic heterocycles. The van der Waals surface area contributed by atoms with E-state index in [9.17, 15) is 2.74 Å². The van der Waals surface area contributed by atoms with Crippen LogP contribution in [0.5, 0.6) is 23.0 Å². The fourth-order valence-corrected chi connectivity index (χ4v) is 9.24. The predicted molar refractivity (Wildman–Crippen MR) is 267 cm³/mol. The van der Waals surface area contributed by atoms with E-state index in [4.69, 9.17) is 24.1 Å². The van der Waals surface area contributed by atoms with E-state index in [0.29, 0.717) is 57.3 Å². The van der Waals surface area contributed by atoms with Gasteiger partial charge in [-0.25, -0.2) is 4.98 Å². The maximum atomic E-state index is 9.42. The van der Waals surface area contributed by atoms with Crippen LogP contribution in [0.15, 0.2) is 194 Å². The summed E-state index contributed by atoms with van der Waals surface area (Å²) in [5, 5.41) is 0.761. The molecule has 65 heavy (non-hydrogen) atoms. The minimum Gasteiger partial charge on any atom is -0.457 e. The maximum Gasteiger partial charge on any atom is 0.137 e. The van der Waals surface area contributed by atoms with Gasteiger partial charge in [0.05, 0.1) is 33.6 Å². The van der Waals surface area contributed by atoms with Gasteiger partial charge in [0.15, 0.2) is 0 Å². The Balaban J connectivity index is 1.11. The molecule has 0 amide bonds. The number of pyridine rings is 1. The van der Waals surface area contributed by atoms with Gasteiger partial charge < -0.3 is 19.3 Å². The van der Waals surface area contributed by atoms with Gasteiger partial charge in [0, 0.05) is 58.3 Å². The summed E-state index contributed by atoms with van der Waals surface area (Å²) < 4.78 is 95.5. The second-order valence-electron chi connectivity index (χ2n) is 16.7. The highest BCUT2D eigenvalue weighted by molar-refractivity contribution is 6.09. The Morgan fingerprint density at radius 2 is 1.28 bits per heavy atom. The molecule has 314 valence electrons. The van der Waals surface area contributed by atoms with E-state index in [1.54, 1.807) is 47.0 Å². The Morgan fingerprint density at radius 3 is 2.08 bits per heavy atom. The van der Waals surface area contributed by atoms with Crippen molar-refractivity contribution in [3.63, 3.8) is 0 Å². The van der Waals surface area contributed by atoms with Crippen LogP contribution in [-0.2, 0) is 6.37 Å². The number of para-hydroxylation sites is 3. The lowest BCUT2D eigenvalue weighted by molar-refractivity contribution is 0.483. The van der Waals surface area contributed by atoms with Crippen LogP contribution in [0.2, 0.25) is 0 Å². The molecule has 0 saturated carbocycles. The number of fused-ring (bicyclic) bond motifs is 5. The SMILES string of the molecule is [2H]c1c([2H])c([2H])c2c(c1[2H])c1ccc3cc1n2-c1cc(C([2H])([2H])[2H])c(cn1)-c1cccc(c1)Oc1ccc(cc1)-c1cc(C([2H])([2H])C(C)C)cc(-c2ccccc2)c1N1CN(c2cccc(c2)O3)c2ccccc21. The van der Waals surface area contributed by atoms with Gasteiger partial charge in [0.2, 0.25) is 0 Å². The zero-order valence-corrected chi connectivity index (χ0v) is 35.6. The van der Waals surface area contributed by atoms with E-state index >= 15 is 0 Å². The van der Waals surface area contributed by atoms with Gasteiger partial charge in [-0.2, -0.15) is 0 Å². The molecule has 4 aliphatic rings. The fourth-order valence-electron chi connectivity index (χ4n) is 9.24. The van der Waals surface area contributed by atoms with Gasteiger partial charge >= 0.3 is 0 Å². The van der Waals surface area contributed by atoms with Gasteiger partial charge in [-0.3, -0.25) is 4.57 Å². The van der Waals surface area contributed by atoms with Crippen LogP contribution in [0.25, 0.3) is 61.0 Å². The highest BCUT2D eigenvalue weighted by Crippen LogP contribution is 2.51. The number of nitrogens with zero attached hydrogens (tertiary/aromatic N) is 4. The van der Waals surface area contributed by atoms with Crippen molar-refractivity contribution in [1.82, 2.24) is 9.55 Å². The molecular weight excluding hydrogens is 797 g/mol. The Morgan fingerprint density at radius 1 is 0.600 bits per heavy atom. The van der Waals surface area contributed by atoms with Crippen LogP contribution in [0.1, 0.15) is 37.3 Å². The number of rotatable bonds is 3. The predicted octanol–water partition coefficient (Wildman–Crippen LogP) is 15.8. The molecule has 12 bridgehead atoms. The molecule has 0 aliphatic carbocycles. The minimum atomic E-state index is -2.64. The summed E-state index contributed by atoms with van der Waals surface area (Å²) in [6.45, 7) is 1.55. The van der Waals surface area contributed by atoms with Crippen molar-refractivity contribution in [2.75, 3.05) is 16.5 Å². The first-order valence-electron chi connectivity index (χ1n) is 26.2. The quantitative estimate of drug-likeness (QED) is 0.177. The summed E-state index contributed by atoms with van der Waals surface area (Å²) in [6, 6.07) is 50.3. The van der Waals surface area contributed by atoms with Crippen LogP contribution in [0.4, 0.5) is 22.7 Å². The van der Waals surface area contributed by atoms with E-state index in [1.165, 1.54) is 12.3 Å². The second-order valence-corrected chi connectivity index (χ2v) is 16.7. The minimum absolute atomic E-state index is 0.0223. The molecule has 6 nitrogen and oxygen atoms in total. The van der Waals surface area contributed by atoms with E-state index in [-0.39, 0.29) is 40.3 Å². The van der Waals surface area contributed by atoms with Gasteiger partial charge in [-0.05, 0) is 132 Å². The smallest absolute Gasteiger partial charge is 0.137 e. The lowest BCUT2D eigenvalue weighted by Gasteiger charge is -2.28. The molecule has 14 rings (SSSR count). The Hall–Kier alpha value is -8.09. The van der Waals surface area contributed by atoms with Crippen LogP contribution < -0.4 is 19.3 Å². The summed E-state index contributed by atoms with van der Waals surface area (Å²) in [4.78, 5) is 9.35. The number of aromatic nitrogens is 2. The molecule has 0 N–H and O–H groups in total. The van der Waals surface area contributed by atoms with E-state index in [0.717, 1.165) is 45.0 Å². The molecule has 2 aromatic heterocycles. The number of ether oxygens (including phenoxy) is 2. The molecular formula is C59H46N4O2. The fraction of sp³-hybridized carbons (Fsp3) is 0.102. The summed E-state index contributed by atoms with van der Waals surface area (Å²) in [7, 11) is 0. The monoisotopic (exact) mass is 851 g/mol. The van der Waals surface area contributed by atoms with Crippen molar-refractivity contribution in [2.45, 2.75) is 27.1 Å². The lowest BCUT2D eigenvalue weighted by Crippen LogP contribution is -2.25. The summed E-state index contributed by atoms with van der Waals surface area (Å²) in [5.74, 6) is 1.70. The molecule has 6 heterocycles. The Labute approximate surface area is 391 Å². The van der Waals surface area contributed by atoms with Gasteiger partial charge in [0.25, 0.3) is 0 Å². The molecule has 6 heteroatoms. The van der Waals surface area contributed by atoms with Crippen molar-refractivity contribution < 1.29 is 21.8 Å². The number of hydrogen-bond acceptors (Lipinski definition) is 5. The maximum absolute atomic E-state index is 9.42. The van der Waals surface area contributed by atoms with Crippen molar-refractivity contribution in [3.8, 4) is 62.2 Å². The average Bonchev–Trinajstić information content (AvgIpc) is 3.97. The molecule has 10 aromatic rings. The zero-order chi connectivity index (χ0) is 51.4. The molecule has 8 aromatic carbocycles. The number of aryl methyl sites for hydroxylation is 1. The first-order chi connectivity index (χ1) is 35.5. The van der Waals surface area contributed by atoms with E-state index in [2.05, 4.69) is 34.1 Å². The lowest BCUT2D eigenvalue weighted by atomic mass is 9.90. The average molecular weight is 852 g/mol. The topological polar surface area (TPSA) is 42.8 Å². The Bertz CT molecular complexity index is 3890. The number of benzene rings is 8. The molecule has 0 fully saturated rings. The normalized spacial score (nSPS) is 15.3. The molecule has 0 spiro atoms. The van der Waals surface area contributed by atoms with Crippen molar-refractivity contribution in [2.24, 2.45) is 5.92 Å².